The Hall–Kier alpha value is -4.50. The molecule has 3 aromatic rings. The van der Waals surface area contributed by atoms with Gasteiger partial charge in [0, 0.05) is 37.3 Å². The Balaban J connectivity index is 1.32. The van der Waals surface area contributed by atoms with E-state index in [1.165, 1.54) is 29.5 Å². The standard InChI is InChI=1S/C29H36F2N8O5/c1-29(2,32)27(41)33-24(18-43-17-20-9-10-21(30)15-23(20)31)25-34-35-36-39(25)13-14-44-28(42)38-12-11-22(16-38)37(3)26(40)19-7-5-4-6-8-19/h4-10,15,22,24H,11-14,16-18,32H2,1-3H3,(H,33,41). The number of nitrogens with two attached hydrogens (primary N) is 1. The van der Waals surface area contributed by atoms with Crippen LogP contribution in [0.25, 0.3) is 0 Å². The highest BCUT2D eigenvalue weighted by molar-refractivity contribution is 5.94. The zero-order chi connectivity index (χ0) is 31.9. The Labute approximate surface area is 253 Å². The maximum Gasteiger partial charge on any atom is 0.409 e. The number of hydrogen-bond donors (Lipinski definition) is 2. The molecular weight excluding hydrogens is 578 g/mol. The maximum absolute atomic E-state index is 14.1. The van der Waals surface area contributed by atoms with Gasteiger partial charge in [-0.2, -0.15) is 0 Å². The SMILES string of the molecule is CN(C(=O)c1ccccc1)C1CCN(C(=O)OCCn2nnnc2C(COCc2ccc(F)cc2F)NC(=O)C(C)(C)N)C1. The smallest absolute Gasteiger partial charge is 0.409 e. The van der Waals surface area contributed by atoms with Crippen molar-refractivity contribution in [2.24, 2.45) is 5.73 Å². The molecule has 0 radical (unpaired) electrons. The predicted octanol–water partition coefficient (Wildman–Crippen LogP) is 2.05. The molecule has 236 valence electrons. The first kappa shape index (κ1) is 32.4. The van der Waals surface area contributed by atoms with Crippen LogP contribution in [0.3, 0.4) is 0 Å². The molecule has 3 N–H and O–H groups in total. The van der Waals surface area contributed by atoms with Gasteiger partial charge in [0.15, 0.2) is 5.82 Å². The van der Waals surface area contributed by atoms with Gasteiger partial charge in [0.05, 0.1) is 31.3 Å². The summed E-state index contributed by atoms with van der Waals surface area (Å²) in [5, 5.41) is 14.4. The number of carbonyl (C=O) groups excluding carboxylic acids is 3. The van der Waals surface area contributed by atoms with Gasteiger partial charge in [-0.25, -0.2) is 18.3 Å². The maximum atomic E-state index is 14.1. The molecule has 1 saturated heterocycles. The molecule has 4 rings (SSSR count). The lowest BCUT2D eigenvalue weighted by molar-refractivity contribution is -0.126. The van der Waals surface area contributed by atoms with Gasteiger partial charge in [0.2, 0.25) is 5.91 Å². The van der Waals surface area contributed by atoms with E-state index in [2.05, 4.69) is 20.8 Å². The van der Waals surface area contributed by atoms with Gasteiger partial charge in [0.25, 0.3) is 5.91 Å². The summed E-state index contributed by atoms with van der Waals surface area (Å²) in [5.41, 5.74) is 5.41. The fraction of sp³-hybridized carbons (Fsp3) is 0.448. The largest absolute Gasteiger partial charge is 0.447 e. The third kappa shape index (κ3) is 8.32. The number of nitrogens with zero attached hydrogens (tertiary/aromatic N) is 6. The molecule has 1 fully saturated rings. The summed E-state index contributed by atoms with van der Waals surface area (Å²) in [4.78, 5) is 41.4. The van der Waals surface area contributed by atoms with Crippen molar-refractivity contribution >= 4 is 17.9 Å². The van der Waals surface area contributed by atoms with E-state index < -0.39 is 35.2 Å². The van der Waals surface area contributed by atoms with Gasteiger partial charge in [0.1, 0.15) is 24.3 Å². The van der Waals surface area contributed by atoms with Crippen molar-refractivity contribution in [1.82, 2.24) is 35.3 Å². The molecule has 1 aliphatic heterocycles. The monoisotopic (exact) mass is 614 g/mol. The summed E-state index contributed by atoms with van der Waals surface area (Å²) >= 11 is 0. The molecule has 3 amide bonds. The minimum atomic E-state index is -1.23. The number of ether oxygens (including phenoxy) is 2. The second-order valence-electron chi connectivity index (χ2n) is 11.0. The molecule has 1 aliphatic rings. The topological polar surface area (TPSA) is 158 Å². The van der Waals surface area contributed by atoms with E-state index in [1.807, 2.05) is 6.07 Å². The number of likely N-dealkylation sites (N-methyl/N-ethyl adjacent to an activating group) is 1. The summed E-state index contributed by atoms with van der Waals surface area (Å²) in [5.74, 6) is -1.92. The Kier molecular flexibility index (Phi) is 10.5. The molecule has 0 aliphatic carbocycles. The highest BCUT2D eigenvalue weighted by Gasteiger charge is 2.32. The van der Waals surface area contributed by atoms with E-state index in [0.29, 0.717) is 25.1 Å². The zero-order valence-corrected chi connectivity index (χ0v) is 24.8. The average molecular weight is 615 g/mol. The molecule has 2 atom stereocenters. The zero-order valence-electron chi connectivity index (χ0n) is 24.8. The third-order valence-corrected chi connectivity index (χ3v) is 7.16. The van der Waals surface area contributed by atoms with Crippen molar-refractivity contribution < 1.29 is 32.6 Å². The molecule has 0 bridgehead atoms. The van der Waals surface area contributed by atoms with Gasteiger partial charge in [-0.1, -0.05) is 24.3 Å². The van der Waals surface area contributed by atoms with Gasteiger partial charge >= 0.3 is 6.09 Å². The summed E-state index contributed by atoms with van der Waals surface area (Å²) in [6.07, 6.45) is 0.0734. The molecule has 2 aromatic carbocycles. The number of nitrogens with one attached hydrogen (secondary N) is 1. The van der Waals surface area contributed by atoms with Crippen LogP contribution in [-0.2, 0) is 27.4 Å². The average Bonchev–Trinajstić information content (AvgIpc) is 3.67. The van der Waals surface area contributed by atoms with E-state index in [1.54, 1.807) is 36.2 Å². The highest BCUT2D eigenvalue weighted by Crippen LogP contribution is 2.19. The number of halogens is 2. The molecule has 0 spiro atoms. The quantitative estimate of drug-likeness (QED) is 0.312. The first-order valence-electron chi connectivity index (χ1n) is 14.1. The molecular formula is C29H36F2N8O5. The summed E-state index contributed by atoms with van der Waals surface area (Å²) in [6.45, 7) is 3.42. The van der Waals surface area contributed by atoms with Crippen LogP contribution in [0.1, 0.15) is 48.1 Å². The van der Waals surface area contributed by atoms with Crippen molar-refractivity contribution in [3.05, 3.63) is 77.1 Å². The third-order valence-electron chi connectivity index (χ3n) is 7.16. The number of hydrogen-bond acceptors (Lipinski definition) is 9. The predicted molar refractivity (Wildman–Crippen MR) is 153 cm³/mol. The van der Waals surface area contributed by atoms with Crippen molar-refractivity contribution in [2.75, 3.05) is 33.4 Å². The van der Waals surface area contributed by atoms with Crippen LogP contribution >= 0.6 is 0 Å². The van der Waals surface area contributed by atoms with E-state index in [-0.39, 0.29) is 49.7 Å². The Morgan fingerprint density at radius 1 is 1.18 bits per heavy atom. The number of aromatic nitrogens is 4. The van der Waals surface area contributed by atoms with Crippen molar-refractivity contribution in [2.45, 2.75) is 51.0 Å². The van der Waals surface area contributed by atoms with Crippen molar-refractivity contribution in [3.8, 4) is 0 Å². The molecule has 44 heavy (non-hydrogen) atoms. The van der Waals surface area contributed by atoms with E-state index in [9.17, 15) is 23.2 Å². The van der Waals surface area contributed by atoms with Crippen LogP contribution in [0, 0.1) is 11.6 Å². The lowest BCUT2D eigenvalue weighted by Gasteiger charge is -2.25. The van der Waals surface area contributed by atoms with Gasteiger partial charge < -0.3 is 30.3 Å². The highest BCUT2D eigenvalue weighted by atomic mass is 19.1. The minimum absolute atomic E-state index is 0.0583. The van der Waals surface area contributed by atoms with Gasteiger partial charge in [-0.15, -0.1) is 5.10 Å². The number of carbonyl (C=O) groups is 3. The van der Waals surface area contributed by atoms with E-state index in [4.69, 9.17) is 15.2 Å². The van der Waals surface area contributed by atoms with Crippen molar-refractivity contribution in [3.63, 3.8) is 0 Å². The minimum Gasteiger partial charge on any atom is -0.447 e. The Bertz CT molecular complexity index is 1450. The van der Waals surface area contributed by atoms with E-state index in [0.717, 1.165) is 12.1 Å². The normalized spacial score (nSPS) is 15.6. The number of likely N-dealkylation sites (tertiary alicyclic amines) is 1. The van der Waals surface area contributed by atoms with Crippen LogP contribution < -0.4 is 11.1 Å². The fourth-order valence-corrected chi connectivity index (χ4v) is 4.56. The molecule has 1 aromatic heterocycles. The first-order valence-corrected chi connectivity index (χ1v) is 14.1. The Morgan fingerprint density at radius 3 is 2.64 bits per heavy atom. The summed E-state index contributed by atoms with van der Waals surface area (Å²) in [6, 6.07) is 11.0. The van der Waals surface area contributed by atoms with Crippen LogP contribution in [0.15, 0.2) is 48.5 Å². The van der Waals surface area contributed by atoms with Crippen molar-refractivity contribution in [1.29, 1.82) is 0 Å². The lowest BCUT2D eigenvalue weighted by atomic mass is 10.1. The van der Waals surface area contributed by atoms with Gasteiger partial charge in [-0.3, -0.25) is 9.59 Å². The first-order chi connectivity index (χ1) is 20.9. The molecule has 2 unspecified atom stereocenters. The molecule has 13 nitrogen and oxygen atoms in total. The molecule has 0 saturated carbocycles. The fourth-order valence-electron chi connectivity index (χ4n) is 4.56. The number of tetrazole rings is 1. The number of amides is 3. The number of rotatable bonds is 12. The van der Waals surface area contributed by atoms with E-state index >= 15 is 0 Å². The molecule has 15 heteroatoms. The second kappa shape index (κ2) is 14.3. The van der Waals surface area contributed by atoms with Crippen LogP contribution in [0.5, 0.6) is 0 Å². The Morgan fingerprint density at radius 2 is 1.93 bits per heavy atom. The number of benzene rings is 2. The van der Waals surface area contributed by atoms with Crippen LogP contribution in [0.4, 0.5) is 13.6 Å². The summed E-state index contributed by atoms with van der Waals surface area (Å²) < 4.78 is 39.7. The molecule has 2 heterocycles. The summed E-state index contributed by atoms with van der Waals surface area (Å²) in [7, 11) is 1.72. The second-order valence-corrected chi connectivity index (χ2v) is 11.0. The lowest BCUT2D eigenvalue weighted by Crippen LogP contribution is -2.51. The van der Waals surface area contributed by atoms with Crippen LogP contribution in [-0.4, -0.2) is 92.8 Å². The van der Waals surface area contributed by atoms with Crippen LogP contribution in [0.2, 0.25) is 0 Å². The van der Waals surface area contributed by atoms with Gasteiger partial charge in [-0.05, 0) is 48.9 Å².